The Morgan fingerprint density at radius 3 is 2.38 bits per heavy atom. The Balaban J connectivity index is 1.71. The first kappa shape index (κ1) is 19.2. The van der Waals surface area contributed by atoms with Gasteiger partial charge in [-0.05, 0) is 48.4 Å². The molecule has 146 valence electrons. The molecule has 0 bridgehead atoms. The normalized spacial score (nSPS) is 18.3. The first-order chi connectivity index (χ1) is 14.0. The van der Waals surface area contributed by atoms with Crippen molar-refractivity contribution < 1.29 is 9.59 Å². The molecule has 0 aliphatic carbocycles. The number of anilines is 1. The van der Waals surface area contributed by atoms with Gasteiger partial charge < -0.3 is 5.32 Å². The molecule has 3 aromatic rings. The van der Waals surface area contributed by atoms with Crippen molar-refractivity contribution in [2.75, 3.05) is 4.90 Å². The summed E-state index contributed by atoms with van der Waals surface area (Å²) < 4.78 is 0. The molecule has 29 heavy (non-hydrogen) atoms. The minimum atomic E-state index is -1.06. The number of halogens is 1. The minimum absolute atomic E-state index is 0.188. The molecule has 4 rings (SSSR count). The molecule has 3 aromatic carbocycles. The topological polar surface area (TPSA) is 49.4 Å². The fourth-order valence-electron chi connectivity index (χ4n) is 3.82. The fraction of sp³-hybridized carbons (Fsp3) is 0.167. The standard InChI is InChI=1S/C24H21ClN2O2/c1-24(23(29)26-16-17-7-3-2-4-8-17)15-18-9-5-6-10-21(18)22(28)27(24)20-13-11-19(25)12-14-20/h2-14H,15-16H2,1H3,(H,26,29)/t24-/m1/s1. The van der Waals surface area contributed by atoms with Crippen molar-refractivity contribution in [3.05, 3.63) is 101 Å². The Kier molecular flexibility index (Phi) is 5.12. The second-order valence-corrected chi connectivity index (χ2v) is 7.83. The van der Waals surface area contributed by atoms with Crippen LogP contribution in [0.3, 0.4) is 0 Å². The predicted octanol–water partition coefficient (Wildman–Crippen LogP) is 4.62. The van der Waals surface area contributed by atoms with Gasteiger partial charge in [-0.1, -0.05) is 60.1 Å². The zero-order valence-corrected chi connectivity index (χ0v) is 16.8. The third-order valence-electron chi connectivity index (χ3n) is 5.35. The van der Waals surface area contributed by atoms with E-state index in [9.17, 15) is 9.59 Å². The van der Waals surface area contributed by atoms with Crippen molar-refractivity contribution in [3.8, 4) is 0 Å². The second kappa shape index (κ2) is 7.72. The van der Waals surface area contributed by atoms with E-state index < -0.39 is 5.54 Å². The summed E-state index contributed by atoms with van der Waals surface area (Å²) in [6, 6.07) is 24.2. The van der Waals surface area contributed by atoms with E-state index in [1.54, 1.807) is 29.2 Å². The third-order valence-corrected chi connectivity index (χ3v) is 5.60. The maximum atomic E-state index is 13.4. The van der Waals surface area contributed by atoms with Gasteiger partial charge in [0.15, 0.2) is 0 Å². The molecule has 1 N–H and O–H groups in total. The van der Waals surface area contributed by atoms with E-state index in [1.807, 2.05) is 61.5 Å². The van der Waals surface area contributed by atoms with E-state index in [1.165, 1.54) is 0 Å². The van der Waals surface area contributed by atoms with Crippen LogP contribution in [0.1, 0.15) is 28.4 Å². The number of fused-ring (bicyclic) bond motifs is 1. The van der Waals surface area contributed by atoms with E-state index >= 15 is 0 Å². The molecule has 0 unspecified atom stereocenters. The quantitative estimate of drug-likeness (QED) is 0.689. The van der Waals surface area contributed by atoms with Crippen LogP contribution in [0.5, 0.6) is 0 Å². The van der Waals surface area contributed by atoms with Crippen LogP contribution in [0.2, 0.25) is 5.02 Å². The predicted molar refractivity (Wildman–Crippen MR) is 115 cm³/mol. The van der Waals surface area contributed by atoms with Crippen LogP contribution in [0, 0.1) is 0 Å². The molecular weight excluding hydrogens is 384 g/mol. The number of nitrogens with one attached hydrogen (secondary N) is 1. The van der Waals surface area contributed by atoms with Gasteiger partial charge in [-0.2, -0.15) is 0 Å². The molecular formula is C24H21ClN2O2. The Bertz CT molecular complexity index is 1050. The highest BCUT2D eigenvalue weighted by molar-refractivity contribution is 6.30. The van der Waals surface area contributed by atoms with Gasteiger partial charge in [0.2, 0.25) is 5.91 Å². The van der Waals surface area contributed by atoms with Crippen LogP contribution < -0.4 is 10.2 Å². The first-order valence-electron chi connectivity index (χ1n) is 9.49. The Morgan fingerprint density at radius 1 is 1.00 bits per heavy atom. The number of rotatable bonds is 4. The number of nitrogens with zero attached hydrogens (tertiary/aromatic N) is 1. The van der Waals surface area contributed by atoms with Crippen LogP contribution >= 0.6 is 11.6 Å². The molecule has 0 saturated heterocycles. The van der Waals surface area contributed by atoms with E-state index in [0.717, 1.165) is 11.1 Å². The lowest BCUT2D eigenvalue weighted by molar-refractivity contribution is -0.126. The van der Waals surface area contributed by atoms with Gasteiger partial charge in [-0.15, -0.1) is 0 Å². The van der Waals surface area contributed by atoms with Crippen molar-refractivity contribution in [3.63, 3.8) is 0 Å². The van der Waals surface area contributed by atoms with Gasteiger partial charge in [0.05, 0.1) is 0 Å². The number of hydrogen-bond acceptors (Lipinski definition) is 2. The zero-order chi connectivity index (χ0) is 20.4. The van der Waals surface area contributed by atoms with Gasteiger partial charge in [0, 0.05) is 29.2 Å². The van der Waals surface area contributed by atoms with Crippen LogP contribution in [-0.4, -0.2) is 17.4 Å². The van der Waals surface area contributed by atoms with Crippen molar-refractivity contribution in [1.29, 1.82) is 0 Å². The van der Waals surface area contributed by atoms with Gasteiger partial charge in [0.25, 0.3) is 5.91 Å². The van der Waals surface area contributed by atoms with Gasteiger partial charge >= 0.3 is 0 Å². The summed E-state index contributed by atoms with van der Waals surface area (Å²) in [7, 11) is 0. The highest BCUT2D eigenvalue weighted by atomic mass is 35.5. The van der Waals surface area contributed by atoms with Gasteiger partial charge in [-0.25, -0.2) is 0 Å². The molecule has 0 fully saturated rings. The van der Waals surface area contributed by atoms with Crippen LogP contribution in [-0.2, 0) is 17.8 Å². The van der Waals surface area contributed by atoms with Gasteiger partial charge in [-0.3, -0.25) is 14.5 Å². The number of carbonyl (C=O) groups is 2. The average Bonchev–Trinajstić information content (AvgIpc) is 2.74. The summed E-state index contributed by atoms with van der Waals surface area (Å²) in [6.45, 7) is 2.22. The molecule has 1 aliphatic rings. The van der Waals surface area contributed by atoms with E-state index in [0.29, 0.717) is 29.2 Å². The highest BCUT2D eigenvalue weighted by Gasteiger charge is 2.47. The number of carbonyl (C=O) groups excluding carboxylic acids is 2. The molecule has 4 nitrogen and oxygen atoms in total. The molecule has 0 radical (unpaired) electrons. The zero-order valence-electron chi connectivity index (χ0n) is 16.1. The Labute approximate surface area is 175 Å². The lowest BCUT2D eigenvalue weighted by Crippen LogP contribution is -2.63. The van der Waals surface area contributed by atoms with Crippen LogP contribution in [0.15, 0.2) is 78.9 Å². The van der Waals surface area contributed by atoms with Crippen molar-refractivity contribution in [2.24, 2.45) is 0 Å². The van der Waals surface area contributed by atoms with Crippen LogP contribution in [0.4, 0.5) is 5.69 Å². The van der Waals surface area contributed by atoms with Crippen LogP contribution in [0.25, 0.3) is 0 Å². The first-order valence-corrected chi connectivity index (χ1v) is 9.87. The van der Waals surface area contributed by atoms with E-state index in [2.05, 4.69) is 5.32 Å². The molecule has 1 heterocycles. The fourth-order valence-corrected chi connectivity index (χ4v) is 3.95. The summed E-state index contributed by atoms with van der Waals surface area (Å²) in [6.07, 6.45) is 0.429. The summed E-state index contributed by atoms with van der Waals surface area (Å²) in [5.74, 6) is -0.384. The highest BCUT2D eigenvalue weighted by Crippen LogP contribution is 2.36. The molecule has 5 heteroatoms. The Hall–Kier alpha value is -3.11. The third kappa shape index (κ3) is 3.64. The SMILES string of the molecule is C[C@]1(C(=O)NCc2ccccc2)Cc2ccccc2C(=O)N1c1ccc(Cl)cc1. The lowest BCUT2D eigenvalue weighted by Gasteiger charge is -2.44. The summed E-state index contributed by atoms with van der Waals surface area (Å²) in [5, 5.41) is 3.59. The lowest BCUT2D eigenvalue weighted by atomic mass is 9.82. The van der Waals surface area contributed by atoms with E-state index in [-0.39, 0.29) is 11.8 Å². The summed E-state index contributed by atoms with van der Waals surface area (Å²) >= 11 is 6.04. The summed E-state index contributed by atoms with van der Waals surface area (Å²) in [5.41, 5.74) is 2.08. The van der Waals surface area contributed by atoms with Crippen molar-refractivity contribution >= 4 is 29.1 Å². The van der Waals surface area contributed by atoms with Crippen molar-refractivity contribution in [2.45, 2.75) is 25.4 Å². The molecule has 0 spiro atoms. The molecule has 2 amide bonds. The number of hydrogen-bond donors (Lipinski definition) is 1. The molecule has 1 atom stereocenters. The van der Waals surface area contributed by atoms with Gasteiger partial charge in [0.1, 0.15) is 5.54 Å². The number of amides is 2. The summed E-state index contributed by atoms with van der Waals surface area (Å²) in [4.78, 5) is 28.4. The van der Waals surface area contributed by atoms with E-state index in [4.69, 9.17) is 11.6 Å². The minimum Gasteiger partial charge on any atom is -0.350 e. The smallest absolute Gasteiger partial charge is 0.259 e. The largest absolute Gasteiger partial charge is 0.350 e. The maximum Gasteiger partial charge on any atom is 0.259 e. The molecule has 0 aromatic heterocycles. The average molecular weight is 405 g/mol. The molecule has 1 aliphatic heterocycles. The van der Waals surface area contributed by atoms with Crippen molar-refractivity contribution in [1.82, 2.24) is 5.32 Å². The Morgan fingerprint density at radius 2 is 1.66 bits per heavy atom. The number of benzene rings is 3. The second-order valence-electron chi connectivity index (χ2n) is 7.39. The monoisotopic (exact) mass is 404 g/mol. The maximum absolute atomic E-state index is 13.4. The molecule has 0 saturated carbocycles.